The van der Waals surface area contributed by atoms with E-state index in [-0.39, 0.29) is 5.56 Å². The predicted molar refractivity (Wildman–Crippen MR) is 64.2 cm³/mol. The number of aryl methyl sites for hydroxylation is 1. The van der Waals surface area contributed by atoms with Crippen molar-refractivity contribution >= 4 is 12.2 Å². The molecule has 0 aliphatic carbocycles. The Balaban J connectivity index is 2.29. The van der Waals surface area contributed by atoms with Gasteiger partial charge in [-0.15, -0.1) is 0 Å². The molecule has 2 aromatic rings. The highest BCUT2D eigenvalue weighted by atomic mass is 19.2. The predicted octanol–water partition coefficient (Wildman–Crippen LogP) is 3.98. The van der Waals surface area contributed by atoms with Crippen LogP contribution in [0.25, 0.3) is 12.2 Å². The zero-order valence-corrected chi connectivity index (χ0v) is 9.62. The molecule has 0 radical (unpaired) electrons. The van der Waals surface area contributed by atoms with Gasteiger partial charge in [0, 0.05) is 5.69 Å². The van der Waals surface area contributed by atoms with E-state index >= 15 is 0 Å². The molecule has 0 unspecified atom stereocenters. The Kier molecular flexibility index (Phi) is 3.46. The van der Waals surface area contributed by atoms with Gasteiger partial charge in [-0.3, -0.25) is 4.98 Å². The molecule has 0 N–H and O–H groups in total. The lowest BCUT2D eigenvalue weighted by Gasteiger charge is -1.98. The van der Waals surface area contributed by atoms with Crippen molar-refractivity contribution in [2.24, 2.45) is 0 Å². The van der Waals surface area contributed by atoms with Gasteiger partial charge in [-0.2, -0.15) is 0 Å². The van der Waals surface area contributed by atoms with E-state index < -0.39 is 17.5 Å². The SMILES string of the molecule is Cc1cccc(C=Cc2cc(F)c(F)c(F)c2)n1. The molecule has 0 aliphatic heterocycles. The second kappa shape index (κ2) is 5.04. The van der Waals surface area contributed by atoms with Crippen LogP contribution in [0.1, 0.15) is 17.0 Å². The maximum Gasteiger partial charge on any atom is 0.194 e. The second-order valence-corrected chi connectivity index (χ2v) is 3.84. The largest absolute Gasteiger partial charge is 0.254 e. The highest BCUT2D eigenvalue weighted by molar-refractivity contribution is 5.68. The van der Waals surface area contributed by atoms with Gasteiger partial charge in [0.25, 0.3) is 0 Å². The molecule has 0 spiro atoms. The van der Waals surface area contributed by atoms with Crippen molar-refractivity contribution < 1.29 is 13.2 Å². The average molecular weight is 249 g/mol. The van der Waals surface area contributed by atoms with Gasteiger partial charge in [0.15, 0.2) is 17.5 Å². The number of hydrogen-bond acceptors (Lipinski definition) is 1. The molecular weight excluding hydrogens is 239 g/mol. The molecule has 1 nitrogen and oxygen atoms in total. The van der Waals surface area contributed by atoms with Gasteiger partial charge in [-0.05, 0) is 42.8 Å². The summed E-state index contributed by atoms with van der Waals surface area (Å²) >= 11 is 0. The lowest BCUT2D eigenvalue weighted by atomic mass is 10.1. The fourth-order valence-corrected chi connectivity index (χ4v) is 1.51. The summed E-state index contributed by atoms with van der Waals surface area (Å²) < 4.78 is 38.7. The molecule has 0 saturated carbocycles. The minimum absolute atomic E-state index is 0.245. The molecule has 0 amide bonds. The van der Waals surface area contributed by atoms with Crippen LogP contribution in [0.4, 0.5) is 13.2 Å². The van der Waals surface area contributed by atoms with Crippen LogP contribution in [-0.2, 0) is 0 Å². The smallest absolute Gasteiger partial charge is 0.194 e. The standard InChI is InChI=1S/C14H10F3N/c1-9-3-2-4-11(18-9)6-5-10-7-12(15)14(17)13(16)8-10/h2-8H,1H3. The van der Waals surface area contributed by atoms with Crippen molar-refractivity contribution in [2.45, 2.75) is 6.92 Å². The van der Waals surface area contributed by atoms with Crippen LogP contribution in [0, 0.1) is 24.4 Å². The Morgan fingerprint density at radius 3 is 2.28 bits per heavy atom. The molecule has 0 atom stereocenters. The summed E-state index contributed by atoms with van der Waals surface area (Å²) in [4.78, 5) is 4.20. The molecule has 18 heavy (non-hydrogen) atoms. The first-order valence-electron chi connectivity index (χ1n) is 5.32. The van der Waals surface area contributed by atoms with Crippen molar-refractivity contribution in [2.75, 3.05) is 0 Å². The fourth-order valence-electron chi connectivity index (χ4n) is 1.51. The number of nitrogens with zero attached hydrogens (tertiary/aromatic N) is 1. The first kappa shape index (κ1) is 12.4. The first-order valence-corrected chi connectivity index (χ1v) is 5.32. The van der Waals surface area contributed by atoms with E-state index in [0.29, 0.717) is 5.69 Å². The molecule has 0 saturated heterocycles. The van der Waals surface area contributed by atoms with Crippen LogP contribution in [-0.4, -0.2) is 4.98 Å². The van der Waals surface area contributed by atoms with Gasteiger partial charge in [0.2, 0.25) is 0 Å². The third kappa shape index (κ3) is 2.77. The van der Waals surface area contributed by atoms with E-state index in [2.05, 4.69) is 4.98 Å². The lowest BCUT2D eigenvalue weighted by Crippen LogP contribution is -1.91. The van der Waals surface area contributed by atoms with Crippen LogP contribution in [0.2, 0.25) is 0 Å². The van der Waals surface area contributed by atoms with Crippen molar-refractivity contribution in [1.82, 2.24) is 4.98 Å². The minimum Gasteiger partial charge on any atom is -0.254 e. The lowest BCUT2D eigenvalue weighted by molar-refractivity contribution is 0.447. The average Bonchev–Trinajstić information content (AvgIpc) is 2.33. The summed E-state index contributed by atoms with van der Waals surface area (Å²) in [6, 6.07) is 7.30. The van der Waals surface area contributed by atoms with Crippen molar-refractivity contribution in [3.05, 3.63) is 64.7 Å². The Morgan fingerprint density at radius 2 is 1.67 bits per heavy atom. The number of aromatic nitrogens is 1. The Bertz CT molecular complexity index is 583. The molecule has 1 heterocycles. The molecule has 4 heteroatoms. The molecule has 92 valence electrons. The van der Waals surface area contributed by atoms with Gasteiger partial charge < -0.3 is 0 Å². The maximum atomic E-state index is 13.0. The first-order chi connectivity index (χ1) is 8.56. The van der Waals surface area contributed by atoms with E-state index in [1.54, 1.807) is 12.1 Å². The Hall–Kier alpha value is -2.10. The van der Waals surface area contributed by atoms with Gasteiger partial charge in [0.1, 0.15) is 0 Å². The maximum absolute atomic E-state index is 13.0. The molecule has 0 bridgehead atoms. The summed E-state index contributed by atoms with van der Waals surface area (Å²) in [5.41, 5.74) is 1.75. The monoisotopic (exact) mass is 249 g/mol. The van der Waals surface area contributed by atoms with Crippen LogP contribution in [0.3, 0.4) is 0 Å². The molecule has 1 aromatic carbocycles. The van der Waals surface area contributed by atoms with E-state index in [1.807, 2.05) is 19.1 Å². The van der Waals surface area contributed by atoms with Crippen molar-refractivity contribution in [3.63, 3.8) is 0 Å². The second-order valence-electron chi connectivity index (χ2n) is 3.84. The molecule has 2 rings (SSSR count). The summed E-state index contributed by atoms with van der Waals surface area (Å²) in [6.45, 7) is 1.84. The summed E-state index contributed by atoms with van der Waals surface area (Å²) in [5, 5.41) is 0. The van der Waals surface area contributed by atoms with Crippen molar-refractivity contribution in [3.8, 4) is 0 Å². The number of halogens is 3. The van der Waals surface area contributed by atoms with Crippen molar-refractivity contribution in [1.29, 1.82) is 0 Å². The van der Waals surface area contributed by atoms with E-state index in [1.165, 1.54) is 6.08 Å². The summed E-state index contributed by atoms with van der Waals surface area (Å²) in [7, 11) is 0. The van der Waals surface area contributed by atoms with Gasteiger partial charge in [-0.25, -0.2) is 13.2 Å². The van der Waals surface area contributed by atoms with Crippen LogP contribution in [0.5, 0.6) is 0 Å². The molecule has 1 aromatic heterocycles. The van der Waals surface area contributed by atoms with E-state index in [9.17, 15) is 13.2 Å². The van der Waals surface area contributed by atoms with Crippen LogP contribution in [0.15, 0.2) is 30.3 Å². The molecule has 0 fully saturated rings. The van der Waals surface area contributed by atoms with Crippen LogP contribution >= 0.6 is 0 Å². The van der Waals surface area contributed by atoms with Gasteiger partial charge in [-0.1, -0.05) is 12.1 Å². The molecular formula is C14H10F3N. The number of pyridine rings is 1. The minimum atomic E-state index is -1.46. The summed E-state index contributed by atoms with van der Waals surface area (Å²) in [6.07, 6.45) is 3.09. The van der Waals surface area contributed by atoms with E-state index in [0.717, 1.165) is 17.8 Å². The Labute approximate surface area is 103 Å². The third-order valence-corrected chi connectivity index (χ3v) is 2.36. The number of benzene rings is 1. The van der Waals surface area contributed by atoms with Gasteiger partial charge in [0.05, 0.1) is 5.69 Å². The van der Waals surface area contributed by atoms with E-state index in [4.69, 9.17) is 0 Å². The highest BCUT2D eigenvalue weighted by Gasteiger charge is 2.08. The Morgan fingerprint density at radius 1 is 1.00 bits per heavy atom. The zero-order valence-electron chi connectivity index (χ0n) is 9.62. The summed E-state index contributed by atoms with van der Waals surface area (Å²) in [5.74, 6) is -3.86. The highest BCUT2D eigenvalue weighted by Crippen LogP contribution is 2.15. The molecule has 0 aliphatic rings. The zero-order chi connectivity index (χ0) is 13.1. The topological polar surface area (TPSA) is 12.9 Å². The normalized spacial score (nSPS) is 11.1. The fraction of sp³-hybridized carbons (Fsp3) is 0.0714. The number of rotatable bonds is 2. The quantitative estimate of drug-likeness (QED) is 0.734. The van der Waals surface area contributed by atoms with Gasteiger partial charge >= 0.3 is 0 Å². The third-order valence-electron chi connectivity index (χ3n) is 2.36. The van der Waals surface area contributed by atoms with Crippen LogP contribution < -0.4 is 0 Å². The number of hydrogen-bond donors (Lipinski definition) is 0.